The van der Waals surface area contributed by atoms with Gasteiger partial charge in [0.15, 0.2) is 0 Å². The van der Waals surface area contributed by atoms with E-state index in [1.54, 1.807) is 0 Å². The summed E-state index contributed by atoms with van der Waals surface area (Å²) in [7, 11) is 1.33. The highest BCUT2D eigenvalue weighted by Crippen LogP contribution is 2.39. The molecule has 7 heteroatoms. The van der Waals surface area contributed by atoms with Gasteiger partial charge in [-0.1, -0.05) is 6.07 Å². The average Bonchev–Trinajstić information content (AvgIpc) is 2.52. The summed E-state index contributed by atoms with van der Waals surface area (Å²) < 4.78 is 45.0. The predicted octanol–water partition coefficient (Wildman–Crippen LogP) is 2.57. The normalized spacial score (nSPS) is 17.8. The van der Waals surface area contributed by atoms with Crippen LogP contribution in [0.4, 0.5) is 13.2 Å². The molecular weight excluding hydrogens is 295 g/mol. The molecule has 0 bridgehead atoms. The Morgan fingerprint density at radius 1 is 1.36 bits per heavy atom. The van der Waals surface area contributed by atoms with E-state index < -0.39 is 17.8 Å². The van der Waals surface area contributed by atoms with E-state index in [2.05, 4.69) is 5.32 Å². The van der Waals surface area contributed by atoms with Crippen LogP contribution in [0.3, 0.4) is 0 Å². The summed E-state index contributed by atoms with van der Waals surface area (Å²) in [4.78, 5) is 1.93. The monoisotopic (exact) mass is 313 g/mol. The van der Waals surface area contributed by atoms with E-state index in [1.807, 2.05) is 11.0 Å². The molecule has 120 valence electrons. The zero-order valence-electron chi connectivity index (χ0n) is 12.3. The molecule has 0 spiro atoms. The largest absolute Gasteiger partial charge is 0.497 e. The maximum atomic E-state index is 13.4. The summed E-state index contributed by atoms with van der Waals surface area (Å²) >= 11 is 0. The molecule has 1 fully saturated rings. The number of halogens is 3. The number of hydrogen-bond donors (Lipinski definition) is 1. The molecule has 1 heterocycles. The van der Waals surface area contributed by atoms with Gasteiger partial charge in [-0.05, 0) is 17.7 Å². The molecule has 4 nitrogen and oxygen atoms in total. The summed E-state index contributed by atoms with van der Waals surface area (Å²) in [5, 5.41) is 12.2. The lowest BCUT2D eigenvalue weighted by atomic mass is 9.95. The Balaban J connectivity index is 2.44. The van der Waals surface area contributed by atoms with Crippen LogP contribution in [0.5, 0.6) is 5.75 Å². The van der Waals surface area contributed by atoms with Gasteiger partial charge in [0, 0.05) is 32.2 Å². The molecule has 1 aliphatic rings. The first-order chi connectivity index (χ1) is 10.5. The van der Waals surface area contributed by atoms with Crippen molar-refractivity contribution in [2.24, 2.45) is 0 Å². The van der Waals surface area contributed by atoms with Gasteiger partial charge in [0.2, 0.25) is 0 Å². The van der Waals surface area contributed by atoms with E-state index in [-0.39, 0.29) is 17.7 Å². The van der Waals surface area contributed by atoms with Gasteiger partial charge in [-0.2, -0.15) is 18.4 Å². The first-order valence-corrected chi connectivity index (χ1v) is 7.04. The van der Waals surface area contributed by atoms with Crippen LogP contribution < -0.4 is 10.1 Å². The van der Waals surface area contributed by atoms with E-state index in [9.17, 15) is 13.2 Å². The number of alkyl halides is 3. The number of ether oxygens (including phenoxy) is 1. The van der Waals surface area contributed by atoms with Crippen LogP contribution in [-0.4, -0.2) is 38.2 Å². The number of benzene rings is 1. The Labute approximate surface area is 127 Å². The summed E-state index contributed by atoms with van der Waals surface area (Å²) in [6.07, 6.45) is -4.46. The molecule has 0 radical (unpaired) electrons. The summed E-state index contributed by atoms with van der Waals surface area (Å²) in [6, 6.07) is 5.38. The smallest absolute Gasteiger partial charge is 0.416 e. The number of nitriles is 1. The second-order valence-electron chi connectivity index (χ2n) is 5.11. The van der Waals surface area contributed by atoms with Crippen LogP contribution >= 0.6 is 0 Å². The third kappa shape index (κ3) is 3.70. The van der Waals surface area contributed by atoms with Crippen molar-refractivity contribution in [1.29, 1.82) is 5.26 Å². The minimum atomic E-state index is -4.48. The molecule has 1 aliphatic heterocycles. The lowest BCUT2D eigenvalue weighted by Crippen LogP contribution is -2.45. The molecule has 0 amide bonds. The average molecular weight is 313 g/mol. The molecular formula is C15H18F3N3O. The van der Waals surface area contributed by atoms with Gasteiger partial charge in [-0.3, -0.25) is 4.90 Å². The van der Waals surface area contributed by atoms with Crippen molar-refractivity contribution >= 4 is 0 Å². The minimum Gasteiger partial charge on any atom is -0.497 e. The second kappa shape index (κ2) is 6.99. The molecule has 1 aromatic carbocycles. The molecule has 0 saturated carbocycles. The minimum absolute atomic E-state index is 0.0232. The van der Waals surface area contributed by atoms with Crippen molar-refractivity contribution in [3.05, 3.63) is 29.3 Å². The Morgan fingerprint density at radius 3 is 2.59 bits per heavy atom. The molecule has 2 rings (SSSR count). The summed E-state index contributed by atoms with van der Waals surface area (Å²) in [5.41, 5.74) is -0.595. The van der Waals surface area contributed by atoms with E-state index in [0.29, 0.717) is 26.2 Å². The fourth-order valence-electron chi connectivity index (χ4n) is 2.71. The maximum Gasteiger partial charge on any atom is 0.416 e. The van der Waals surface area contributed by atoms with E-state index in [0.717, 1.165) is 6.07 Å². The number of hydrogen-bond acceptors (Lipinski definition) is 4. The third-order valence-electron chi connectivity index (χ3n) is 3.80. The lowest BCUT2D eigenvalue weighted by Gasteiger charge is -2.35. The van der Waals surface area contributed by atoms with E-state index in [4.69, 9.17) is 10.00 Å². The molecule has 1 saturated heterocycles. The Morgan fingerprint density at radius 2 is 2.05 bits per heavy atom. The van der Waals surface area contributed by atoms with E-state index in [1.165, 1.54) is 19.2 Å². The van der Waals surface area contributed by atoms with Crippen LogP contribution in [0, 0.1) is 11.3 Å². The lowest BCUT2D eigenvalue weighted by molar-refractivity contribution is -0.138. The first kappa shape index (κ1) is 16.6. The molecule has 0 aromatic heterocycles. The Hall–Kier alpha value is -1.78. The Kier molecular flexibility index (Phi) is 5.27. The van der Waals surface area contributed by atoms with Crippen molar-refractivity contribution in [3.8, 4) is 11.8 Å². The van der Waals surface area contributed by atoms with Gasteiger partial charge in [-0.15, -0.1) is 0 Å². The first-order valence-electron chi connectivity index (χ1n) is 7.04. The third-order valence-corrected chi connectivity index (χ3v) is 3.80. The molecule has 1 aromatic rings. The van der Waals surface area contributed by atoms with Crippen molar-refractivity contribution in [1.82, 2.24) is 10.2 Å². The standard InChI is InChI=1S/C15H18F3N3O/c1-22-11-2-3-12(13(10-11)15(16,17)18)14(4-5-19)21-8-6-20-7-9-21/h2-3,10,14,20H,4,6-9H2,1H3/t14-/m1/s1. The predicted molar refractivity (Wildman–Crippen MR) is 75.4 cm³/mol. The number of rotatable bonds is 4. The highest BCUT2D eigenvalue weighted by Gasteiger charge is 2.37. The van der Waals surface area contributed by atoms with Crippen molar-refractivity contribution < 1.29 is 17.9 Å². The zero-order chi connectivity index (χ0) is 16.2. The van der Waals surface area contributed by atoms with Crippen LogP contribution in [0.25, 0.3) is 0 Å². The van der Waals surface area contributed by atoms with E-state index >= 15 is 0 Å². The molecule has 22 heavy (non-hydrogen) atoms. The quantitative estimate of drug-likeness (QED) is 0.928. The second-order valence-corrected chi connectivity index (χ2v) is 5.11. The fraction of sp³-hybridized carbons (Fsp3) is 0.533. The molecule has 0 unspecified atom stereocenters. The molecule has 0 aliphatic carbocycles. The van der Waals surface area contributed by atoms with Crippen LogP contribution in [0.1, 0.15) is 23.6 Å². The number of nitrogens with zero attached hydrogens (tertiary/aromatic N) is 2. The van der Waals surface area contributed by atoms with Gasteiger partial charge < -0.3 is 10.1 Å². The molecule has 1 atom stereocenters. The zero-order valence-corrected chi connectivity index (χ0v) is 12.3. The SMILES string of the molecule is COc1ccc([C@@H](CC#N)N2CCNCC2)c(C(F)(F)F)c1. The Bertz CT molecular complexity index is 548. The van der Waals surface area contributed by atoms with Crippen molar-refractivity contribution in [2.75, 3.05) is 33.3 Å². The summed E-state index contributed by atoms with van der Waals surface area (Å²) in [6.45, 7) is 2.66. The van der Waals surface area contributed by atoms with Crippen LogP contribution in [0.15, 0.2) is 18.2 Å². The molecule has 1 N–H and O–H groups in total. The van der Waals surface area contributed by atoms with Gasteiger partial charge in [0.05, 0.1) is 25.2 Å². The maximum absolute atomic E-state index is 13.4. The summed E-state index contributed by atoms with van der Waals surface area (Å²) in [5.74, 6) is 0.159. The number of piperazine rings is 1. The van der Waals surface area contributed by atoms with Gasteiger partial charge in [-0.25, -0.2) is 0 Å². The highest BCUT2D eigenvalue weighted by atomic mass is 19.4. The van der Waals surface area contributed by atoms with Crippen LogP contribution in [-0.2, 0) is 6.18 Å². The van der Waals surface area contributed by atoms with Crippen molar-refractivity contribution in [3.63, 3.8) is 0 Å². The van der Waals surface area contributed by atoms with Gasteiger partial charge in [0.25, 0.3) is 0 Å². The van der Waals surface area contributed by atoms with Gasteiger partial charge in [0.1, 0.15) is 5.75 Å². The number of nitrogens with one attached hydrogen (secondary N) is 1. The fourth-order valence-corrected chi connectivity index (χ4v) is 2.71. The number of methoxy groups -OCH3 is 1. The van der Waals surface area contributed by atoms with Gasteiger partial charge >= 0.3 is 6.18 Å². The van der Waals surface area contributed by atoms with Crippen molar-refractivity contribution in [2.45, 2.75) is 18.6 Å². The van der Waals surface area contributed by atoms with Crippen LogP contribution in [0.2, 0.25) is 0 Å². The highest BCUT2D eigenvalue weighted by molar-refractivity contribution is 5.40. The topological polar surface area (TPSA) is 48.3 Å².